The highest BCUT2D eigenvalue weighted by molar-refractivity contribution is 8.18. The number of carbonyl (C=O) groups excluding carboxylic acids is 3. The zero-order valence-corrected chi connectivity index (χ0v) is 20.7. The largest absolute Gasteiger partial charge is 0.493 e. The first-order valence-corrected chi connectivity index (χ1v) is 11.9. The number of aryl methyl sites for hydroxylation is 1. The first-order chi connectivity index (χ1) is 16.8. The van der Waals surface area contributed by atoms with Gasteiger partial charge in [-0.3, -0.25) is 19.3 Å². The van der Waals surface area contributed by atoms with Gasteiger partial charge in [-0.25, -0.2) is 0 Å². The quantitative estimate of drug-likeness (QED) is 0.269. The number of imide groups is 1. The summed E-state index contributed by atoms with van der Waals surface area (Å²) in [6, 6.07) is 19.6. The molecular formula is C27H22ClNO5S. The molecule has 0 unspecified atom stereocenters. The summed E-state index contributed by atoms with van der Waals surface area (Å²) in [7, 11) is 1.54. The molecule has 0 saturated carbocycles. The normalized spacial score (nSPS) is 14.5. The van der Waals surface area contributed by atoms with Crippen molar-refractivity contribution < 1.29 is 23.9 Å². The molecule has 6 nitrogen and oxygen atoms in total. The van der Waals surface area contributed by atoms with E-state index in [1.807, 2.05) is 31.2 Å². The van der Waals surface area contributed by atoms with Crippen LogP contribution >= 0.6 is 23.4 Å². The van der Waals surface area contributed by atoms with E-state index < -0.39 is 11.1 Å². The fraction of sp³-hybridized carbons (Fsp3) is 0.148. The third-order valence-electron chi connectivity index (χ3n) is 5.34. The summed E-state index contributed by atoms with van der Waals surface area (Å²) in [4.78, 5) is 39.0. The Morgan fingerprint density at radius 3 is 2.40 bits per heavy atom. The Bertz CT molecular complexity index is 1300. The van der Waals surface area contributed by atoms with Crippen LogP contribution in [-0.4, -0.2) is 35.5 Å². The fourth-order valence-electron chi connectivity index (χ4n) is 3.40. The standard InChI is InChI=1S/C27H22ClNO5S/c1-17-3-5-18(6-4-17)16-34-23-12-7-19(13-24(23)33-2)14-25-26(31)29(27(32)35-25)15-22(30)20-8-10-21(28)11-9-20/h3-14H,15-16H2,1-2H3/b25-14+. The lowest BCUT2D eigenvalue weighted by Gasteiger charge is -2.12. The lowest BCUT2D eigenvalue weighted by Crippen LogP contribution is -2.33. The smallest absolute Gasteiger partial charge is 0.293 e. The van der Waals surface area contributed by atoms with E-state index in [0.717, 1.165) is 22.2 Å². The molecule has 35 heavy (non-hydrogen) atoms. The van der Waals surface area contributed by atoms with Gasteiger partial charge in [-0.15, -0.1) is 0 Å². The molecule has 0 bridgehead atoms. The van der Waals surface area contributed by atoms with Gasteiger partial charge in [0.05, 0.1) is 18.6 Å². The number of hydrogen-bond donors (Lipinski definition) is 0. The van der Waals surface area contributed by atoms with Crippen molar-refractivity contribution in [3.05, 3.63) is 98.9 Å². The Morgan fingerprint density at radius 2 is 1.71 bits per heavy atom. The first-order valence-electron chi connectivity index (χ1n) is 10.7. The van der Waals surface area contributed by atoms with Gasteiger partial charge in [0.1, 0.15) is 6.61 Å². The number of hydrogen-bond acceptors (Lipinski definition) is 6. The van der Waals surface area contributed by atoms with Crippen molar-refractivity contribution in [3.8, 4) is 11.5 Å². The number of ketones is 1. The molecule has 4 rings (SSSR count). The number of rotatable bonds is 8. The predicted molar refractivity (Wildman–Crippen MR) is 137 cm³/mol. The van der Waals surface area contributed by atoms with Crippen molar-refractivity contribution in [2.75, 3.05) is 13.7 Å². The van der Waals surface area contributed by atoms with Crippen LogP contribution in [0.5, 0.6) is 11.5 Å². The maximum atomic E-state index is 12.8. The molecule has 3 aromatic rings. The topological polar surface area (TPSA) is 72.9 Å². The van der Waals surface area contributed by atoms with Gasteiger partial charge in [0.2, 0.25) is 0 Å². The van der Waals surface area contributed by atoms with E-state index >= 15 is 0 Å². The molecular weight excluding hydrogens is 486 g/mol. The van der Waals surface area contributed by atoms with Crippen LogP contribution in [0.1, 0.15) is 27.0 Å². The SMILES string of the molecule is COc1cc(/C=C2/SC(=O)N(CC(=O)c3ccc(Cl)cc3)C2=O)ccc1OCc1ccc(C)cc1. The van der Waals surface area contributed by atoms with Crippen molar-refractivity contribution in [1.29, 1.82) is 0 Å². The lowest BCUT2D eigenvalue weighted by atomic mass is 10.1. The molecule has 0 N–H and O–H groups in total. The summed E-state index contributed by atoms with van der Waals surface area (Å²) >= 11 is 6.65. The zero-order chi connectivity index (χ0) is 24.9. The summed E-state index contributed by atoms with van der Waals surface area (Å²) in [6.45, 7) is 2.08. The summed E-state index contributed by atoms with van der Waals surface area (Å²) in [6.07, 6.45) is 1.60. The van der Waals surface area contributed by atoms with Gasteiger partial charge in [-0.1, -0.05) is 47.5 Å². The summed E-state index contributed by atoms with van der Waals surface area (Å²) in [5.74, 6) is 0.206. The number of amides is 2. The number of halogens is 1. The van der Waals surface area contributed by atoms with Gasteiger partial charge in [-0.05, 0) is 72.3 Å². The Morgan fingerprint density at radius 1 is 1.00 bits per heavy atom. The summed E-state index contributed by atoms with van der Waals surface area (Å²) in [5, 5.41) is 0.00577. The van der Waals surface area contributed by atoms with Crippen LogP contribution in [0.15, 0.2) is 71.6 Å². The van der Waals surface area contributed by atoms with Gasteiger partial charge >= 0.3 is 0 Å². The van der Waals surface area contributed by atoms with Crippen LogP contribution in [0.3, 0.4) is 0 Å². The lowest BCUT2D eigenvalue weighted by molar-refractivity contribution is -0.122. The highest BCUT2D eigenvalue weighted by Gasteiger charge is 2.36. The second-order valence-electron chi connectivity index (χ2n) is 7.88. The van der Waals surface area contributed by atoms with Crippen LogP contribution in [-0.2, 0) is 11.4 Å². The van der Waals surface area contributed by atoms with Crippen LogP contribution < -0.4 is 9.47 Å². The Hall–Kier alpha value is -3.55. The van der Waals surface area contributed by atoms with E-state index in [-0.39, 0.29) is 17.2 Å². The predicted octanol–water partition coefficient (Wildman–Crippen LogP) is 6.16. The molecule has 1 heterocycles. The molecule has 0 radical (unpaired) electrons. The van der Waals surface area contributed by atoms with E-state index in [1.165, 1.54) is 12.7 Å². The molecule has 178 valence electrons. The van der Waals surface area contributed by atoms with Crippen molar-refractivity contribution in [3.63, 3.8) is 0 Å². The van der Waals surface area contributed by atoms with Crippen molar-refractivity contribution in [2.24, 2.45) is 0 Å². The third kappa shape index (κ3) is 5.93. The molecule has 0 atom stereocenters. The number of Topliss-reactive ketones (excluding diaryl/α,β-unsaturated/α-hetero) is 1. The third-order valence-corrected chi connectivity index (χ3v) is 6.50. The van der Waals surface area contributed by atoms with E-state index in [2.05, 4.69) is 0 Å². The van der Waals surface area contributed by atoms with Crippen LogP contribution in [0.4, 0.5) is 4.79 Å². The van der Waals surface area contributed by atoms with Crippen LogP contribution in [0.25, 0.3) is 6.08 Å². The van der Waals surface area contributed by atoms with E-state index in [9.17, 15) is 14.4 Å². The molecule has 0 aromatic heterocycles. The maximum absolute atomic E-state index is 12.8. The number of methoxy groups -OCH3 is 1. The maximum Gasteiger partial charge on any atom is 0.293 e. The van der Waals surface area contributed by atoms with Crippen molar-refractivity contribution >= 4 is 46.4 Å². The van der Waals surface area contributed by atoms with Gasteiger partial charge in [0, 0.05) is 10.6 Å². The Labute approximate surface area is 212 Å². The number of nitrogens with zero attached hydrogens (tertiary/aromatic N) is 1. The molecule has 8 heteroatoms. The zero-order valence-electron chi connectivity index (χ0n) is 19.1. The molecule has 1 fully saturated rings. The van der Waals surface area contributed by atoms with Gasteiger partial charge in [0.25, 0.3) is 11.1 Å². The van der Waals surface area contributed by atoms with Gasteiger partial charge in [0.15, 0.2) is 17.3 Å². The molecule has 1 saturated heterocycles. The molecule has 2 amide bonds. The second kappa shape index (κ2) is 10.8. The van der Waals surface area contributed by atoms with Gasteiger partial charge < -0.3 is 9.47 Å². The summed E-state index contributed by atoms with van der Waals surface area (Å²) in [5.41, 5.74) is 3.25. The Balaban J connectivity index is 1.46. The van der Waals surface area contributed by atoms with E-state index in [0.29, 0.717) is 34.3 Å². The average molecular weight is 508 g/mol. The highest BCUT2D eigenvalue weighted by Crippen LogP contribution is 2.35. The van der Waals surface area contributed by atoms with Crippen LogP contribution in [0.2, 0.25) is 5.02 Å². The fourth-order valence-corrected chi connectivity index (χ4v) is 4.36. The summed E-state index contributed by atoms with van der Waals surface area (Å²) < 4.78 is 11.4. The highest BCUT2D eigenvalue weighted by atomic mass is 35.5. The van der Waals surface area contributed by atoms with Crippen LogP contribution in [0, 0.1) is 6.92 Å². The molecule has 1 aliphatic rings. The minimum atomic E-state index is -0.513. The van der Waals surface area contributed by atoms with Crippen molar-refractivity contribution in [2.45, 2.75) is 13.5 Å². The minimum absolute atomic E-state index is 0.231. The monoisotopic (exact) mass is 507 g/mol. The average Bonchev–Trinajstić information content (AvgIpc) is 3.11. The number of carbonyl (C=O) groups is 3. The molecule has 3 aromatic carbocycles. The molecule has 0 spiro atoms. The minimum Gasteiger partial charge on any atom is -0.493 e. The Kier molecular flexibility index (Phi) is 7.58. The number of benzene rings is 3. The molecule has 1 aliphatic heterocycles. The molecule has 0 aliphatic carbocycles. The number of thioether (sulfide) groups is 1. The van der Waals surface area contributed by atoms with Gasteiger partial charge in [-0.2, -0.15) is 0 Å². The van der Waals surface area contributed by atoms with Crippen molar-refractivity contribution in [1.82, 2.24) is 4.90 Å². The second-order valence-corrected chi connectivity index (χ2v) is 9.31. The van der Waals surface area contributed by atoms with E-state index in [4.69, 9.17) is 21.1 Å². The van der Waals surface area contributed by atoms with E-state index in [1.54, 1.807) is 48.5 Å². The first kappa shape index (κ1) is 24.6. The number of ether oxygens (including phenoxy) is 2.